The second-order valence-corrected chi connectivity index (χ2v) is 9.37. The second-order valence-electron chi connectivity index (χ2n) is 9.37. The fraction of sp³-hybridized carbons (Fsp3) is 0.857. The number of nitrogens with one attached hydrogen (secondary N) is 1. The van der Waals surface area contributed by atoms with Crippen LogP contribution < -0.4 is 0 Å². The number of aromatic nitrogens is 1. The molecule has 0 radical (unpaired) electrons. The van der Waals surface area contributed by atoms with E-state index in [0.717, 1.165) is 0 Å². The molecule has 0 aromatic carbocycles. The van der Waals surface area contributed by atoms with Gasteiger partial charge < -0.3 is 4.98 Å². The van der Waals surface area contributed by atoms with Gasteiger partial charge in [-0.3, -0.25) is 0 Å². The average molecular weight is 404 g/mol. The highest BCUT2D eigenvalue weighted by atomic mass is 14.6. The summed E-state index contributed by atoms with van der Waals surface area (Å²) >= 11 is 0. The highest BCUT2D eigenvalue weighted by Gasteiger charge is 2.04. The lowest BCUT2D eigenvalue weighted by Gasteiger charge is -2.05. The lowest BCUT2D eigenvalue weighted by Crippen LogP contribution is -1.92. The molecule has 0 bridgehead atoms. The van der Waals surface area contributed by atoms with E-state index < -0.39 is 0 Å². The zero-order valence-electron chi connectivity index (χ0n) is 20.2. The van der Waals surface area contributed by atoms with Gasteiger partial charge in [0.25, 0.3) is 0 Å². The molecule has 0 atom stereocenters. The molecule has 1 aromatic heterocycles. The maximum atomic E-state index is 3.37. The Morgan fingerprint density at radius 1 is 0.414 bits per heavy atom. The first-order valence-corrected chi connectivity index (χ1v) is 13.5. The molecule has 0 fully saturated rings. The number of aromatic amines is 1. The molecular weight excluding hydrogens is 350 g/mol. The molecule has 1 nitrogen and oxygen atoms in total. The molecule has 0 aliphatic heterocycles. The smallest absolute Gasteiger partial charge is 0.00401 e. The van der Waals surface area contributed by atoms with Crippen molar-refractivity contribution in [1.29, 1.82) is 0 Å². The molecule has 1 aromatic rings. The maximum absolute atomic E-state index is 3.37. The van der Waals surface area contributed by atoms with Crippen molar-refractivity contribution in [3.05, 3.63) is 23.5 Å². The van der Waals surface area contributed by atoms with Gasteiger partial charge in [-0.2, -0.15) is 0 Å². The summed E-state index contributed by atoms with van der Waals surface area (Å²) in [7, 11) is 0. The Labute approximate surface area is 183 Å². The fourth-order valence-corrected chi connectivity index (χ4v) is 4.50. The molecule has 0 aliphatic carbocycles. The van der Waals surface area contributed by atoms with Crippen LogP contribution in [0.15, 0.2) is 12.4 Å². The molecule has 1 rings (SSSR count). The molecular formula is C28H53N. The van der Waals surface area contributed by atoms with Crippen LogP contribution in [0, 0.1) is 0 Å². The standard InChI is InChI=1S/C28H53N/c1-3-5-7-9-11-13-14-15-16-18-20-22-24-28-26-29-25-27(28)23-21-19-17-12-10-8-6-4-2/h25-26,29H,3-24H2,1-2H3. The minimum atomic E-state index is 1.28. The van der Waals surface area contributed by atoms with E-state index in [1.165, 1.54) is 141 Å². The minimum Gasteiger partial charge on any atom is -0.367 e. The van der Waals surface area contributed by atoms with Gasteiger partial charge in [-0.1, -0.05) is 129 Å². The highest BCUT2D eigenvalue weighted by Crippen LogP contribution is 2.18. The highest BCUT2D eigenvalue weighted by molar-refractivity contribution is 5.23. The summed E-state index contributed by atoms with van der Waals surface area (Å²) in [6.07, 6.45) is 35.7. The summed E-state index contributed by atoms with van der Waals surface area (Å²) in [6.45, 7) is 4.60. The molecule has 1 heterocycles. The van der Waals surface area contributed by atoms with Crippen LogP contribution >= 0.6 is 0 Å². The summed E-state index contributed by atoms with van der Waals surface area (Å²) in [5.74, 6) is 0. The van der Waals surface area contributed by atoms with Crippen molar-refractivity contribution < 1.29 is 0 Å². The summed E-state index contributed by atoms with van der Waals surface area (Å²) in [5, 5.41) is 0. The Morgan fingerprint density at radius 3 is 1.00 bits per heavy atom. The molecule has 1 heteroatoms. The third-order valence-electron chi connectivity index (χ3n) is 6.53. The van der Waals surface area contributed by atoms with Crippen molar-refractivity contribution in [2.75, 3.05) is 0 Å². The second kappa shape index (κ2) is 20.5. The number of rotatable bonds is 22. The van der Waals surface area contributed by atoms with Crippen LogP contribution in [-0.4, -0.2) is 4.98 Å². The number of aryl methyl sites for hydroxylation is 2. The fourth-order valence-electron chi connectivity index (χ4n) is 4.50. The monoisotopic (exact) mass is 403 g/mol. The molecule has 1 N–H and O–H groups in total. The van der Waals surface area contributed by atoms with Gasteiger partial charge in [-0.15, -0.1) is 0 Å². The van der Waals surface area contributed by atoms with Crippen molar-refractivity contribution in [1.82, 2.24) is 4.98 Å². The van der Waals surface area contributed by atoms with Gasteiger partial charge in [0.1, 0.15) is 0 Å². The number of hydrogen-bond acceptors (Lipinski definition) is 0. The van der Waals surface area contributed by atoms with E-state index in [9.17, 15) is 0 Å². The summed E-state index contributed by atoms with van der Waals surface area (Å²) in [4.78, 5) is 3.37. The molecule has 0 saturated carbocycles. The van der Waals surface area contributed by atoms with Crippen molar-refractivity contribution in [3.8, 4) is 0 Å². The van der Waals surface area contributed by atoms with Crippen LogP contribution in [0.5, 0.6) is 0 Å². The number of unbranched alkanes of at least 4 members (excludes halogenated alkanes) is 18. The lowest BCUT2D eigenvalue weighted by atomic mass is 10.00. The Morgan fingerprint density at radius 2 is 0.690 bits per heavy atom. The van der Waals surface area contributed by atoms with Crippen LogP contribution in [-0.2, 0) is 12.8 Å². The maximum Gasteiger partial charge on any atom is 0.00401 e. The van der Waals surface area contributed by atoms with E-state index in [2.05, 4.69) is 31.2 Å². The predicted octanol–water partition coefficient (Wildman–Crippen LogP) is 9.94. The van der Waals surface area contributed by atoms with Crippen LogP contribution in [0.4, 0.5) is 0 Å². The van der Waals surface area contributed by atoms with Gasteiger partial charge in [0.05, 0.1) is 0 Å². The Hall–Kier alpha value is -0.720. The van der Waals surface area contributed by atoms with E-state index in [1.54, 1.807) is 11.1 Å². The lowest BCUT2D eigenvalue weighted by molar-refractivity contribution is 0.543. The van der Waals surface area contributed by atoms with Gasteiger partial charge in [0.15, 0.2) is 0 Å². The van der Waals surface area contributed by atoms with E-state index in [1.807, 2.05) is 0 Å². The molecule has 0 saturated heterocycles. The van der Waals surface area contributed by atoms with Gasteiger partial charge in [0, 0.05) is 12.4 Å². The zero-order valence-corrected chi connectivity index (χ0v) is 20.2. The Kier molecular flexibility index (Phi) is 18.6. The van der Waals surface area contributed by atoms with E-state index >= 15 is 0 Å². The van der Waals surface area contributed by atoms with Crippen molar-refractivity contribution in [2.24, 2.45) is 0 Å². The van der Waals surface area contributed by atoms with Crippen molar-refractivity contribution in [3.63, 3.8) is 0 Å². The number of hydrogen-bond donors (Lipinski definition) is 1. The molecule has 0 spiro atoms. The first-order valence-electron chi connectivity index (χ1n) is 13.5. The zero-order chi connectivity index (χ0) is 20.8. The SMILES string of the molecule is CCCCCCCCCCCCCCc1c[nH]cc1CCCCCCCCCC. The minimum absolute atomic E-state index is 1.28. The van der Waals surface area contributed by atoms with E-state index in [-0.39, 0.29) is 0 Å². The summed E-state index contributed by atoms with van der Waals surface area (Å²) in [6, 6.07) is 0. The van der Waals surface area contributed by atoms with Gasteiger partial charge in [-0.05, 0) is 36.8 Å². The Balaban J connectivity index is 1.92. The van der Waals surface area contributed by atoms with Gasteiger partial charge >= 0.3 is 0 Å². The summed E-state index contributed by atoms with van der Waals surface area (Å²) in [5.41, 5.74) is 3.19. The third-order valence-corrected chi connectivity index (χ3v) is 6.53. The van der Waals surface area contributed by atoms with E-state index in [4.69, 9.17) is 0 Å². The van der Waals surface area contributed by atoms with Crippen molar-refractivity contribution in [2.45, 2.75) is 155 Å². The first kappa shape index (κ1) is 26.3. The predicted molar refractivity (Wildman–Crippen MR) is 132 cm³/mol. The van der Waals surface area contributed by atoms with Crippen LogP contribution in [0.25, 0.3) is 0 Å². The quantitative estimate of drug-likeness (QED) is 0.185. The normalized spacial score (nSPS) is 11.4. The average Bonchev–Trinajstić information content (AvgIpc) is 3.18. The van der Waals surface area contributed by atoms with Crippen LogP contribution in [0.2, 0.25) is 0 Å². The molecule has 0 unspecified atom stereocenters. The molecule has 0 aliphatic rings. The third kappa shape index (κ3) is 15.7. The molecule has 29 heavy (non-hydrogen) atoms. The summed E-state index contributed by atoms with van der Waals surface area (Å²) < 4.78 is 0. The number of H-pyrrole nitrogens is 1. The largest absolute Gasteiger partial charge is 0.367 e. The van der Waals surface area contributed by atoms with Gasteiger partial charge in [0.2, 0.25) is 0 Å². The van der Waals surface area contributed by atoms with Gasteiger partial charge in [-0.25, -0.2) is 0 Å². The Bertz CT molecular complexity index is 433. The molecule has 170 valence electrons. The topological polar surface area (TPSA) is 15.8 Å². The van der Waals surface area contributed by atoms with Crippen molar-refractivity contribution >= 4 is 0 Å². The van der Waals surface area contributed by atoms with Crippen LogP contribution in [0.3, 0.4) is 0 Å². The molecule has 0 amide bonds. The van der Waals surface area contributed by atoms with E-state index in [0.29, 0.717) is 0 Å². The first-order chi connectivity index (χ1) is 14.4. The van der Waals surface area contributed by atoms with Crippen LogP contribution in [0.1, 0.15) is 153 Å².